The van der Waals surface area contributed by atoms with Crippen LogP contribution < -0.4 is 10.2 Å². The van der Waals surface area contributed by atoms with Crippen LogP contribution in [0.4, 0.5) is 24.5 Å². The summed E-state index contributed by atoms with van der Waals surface area (Å²) in [6, 6.07) is 9.93. The number of halogens is 3. The van der Waals surface area contributed by atoms with Crippen LogP contribution in [0.15, 0.2) is 41.3 Å². The number of morpholine rings is 1. The zero-order chi connectivity index (χ0) is 21.0. The van der Waals surface area contributed by atoms with E-state index in [1.807, 2.05) is 36.9 Å². The van der Waals surface area contributed by atoms with Crippen molar-refractivity contribution in [2.45, 2.75) is 24.9 Å². The number of rotatable bonds is 5. The van der Waals surface area contributed by atoms with E-state index in [4.69, 9.17) is 4.74 Å². The zero-order valence-corrected chi connectivity index (χ0v) is 17.1. The quantitative estimate of drug-likeness (QED) is 0.694. The number of alkyl halides is 3. The summed E-state index contributed by atoms with van der Waals surface area (Å²) in [7, 11) is 0. The Hall–Kier alpha value is -2.19. The lowest BCUT2D eigenvalue weighted by Crippen LogP contribution is -2.36. The first-order valence-corrected chi connectivity index (χ1v) is 10.3. The number of carbonyl (C=O) groups excluding carboxylic acids is 1. The van der Waals surface area contributed by atoms with Crippen molar-refractivity contribution in [3.05, 3.63) is 53.1 Å². The minimum Gasteiger partial charge on any atom is -0.378 e. The number of hydrogen-bond donors (Lipinski definition) is 1. The van der Waals surface area contributed by atoms with Gasteiger partial charge in [0.05, 0.1) is 30.2 Å². The van der Waals surface area contributed by atoms with Crippen molar-refractivity contribution < 1.29 is 22.7 Å². The number of amides is 1. The minimum atomic E-state index is -4.56. The van der Waals surface area contributed by atoms with Crippen molar-refractivity contribution in [2.24, 2.45) is 0 Å². The van der Waals surface area contributed by atoms with Gasteiger partial charge in [-0.2, -0.15) is 13.2 Å². The molecule has 1 N–H and O–H groups in total. The Labute approximate surface area is 172 Å². The summed E-state index contributed by atoms with van der Waals surface area (Å²) >= 11 is 1.31. The predicted octanol–water partition coefficient (Wildman–Crippen LogP) is 4.89. The highest BCUT2D eigenvalue weighted by Crippen LogP contribution is 2.37. The molecule has 3 rings (SSSR count). The van der Waals surface area contributed by atoms with E-state index in [9.17, 15) is 18.0 Å². The average Bonchev–Trinajstić information content (AvgIpc) is 2.69. The maximum absolute atomic E-state index is 13.6. The standard InChI is InChI=1S/C21H23F3N2O2S/c1-14-3-4-15(2)19(11-14)29-13-20(27)25-18-6-5-16(12-17(18)21(22,23)24)26-7-9-28-10-8-26/h3-6,11-12H,7-10,13H2,1-2H3,(H,25,27). The van der Waals surface area contributed by atoms with Gasteiger partial charge in [-0.15, -0.1) is 11.8 Å². The predicted molar refractivity (Wildman–Crippen MR) is 110 cm³/mol. The lowest BCUT2D eigenvalue weighted by Gasteiger charge is -2.29. The fourth-order valence-electron chi connectivity index (χ4n) is 3.09. The third-order valence-electron chi connectivity index (χ3n) is 4.66. The van der Waals surface area contributed by atoms with Gasteiger partial charge in [0.1, 0.15) is 0 Å². The fourth-order valence-corrected chi connectivity index (χ4v) is 4.01. The van der Waals surface area contributed by atoms with E-state index in [1.54, 1.807) is 6.07 Å². The van der Waals surface area contributed by atoms with Gasteiger partial charge in [-0.1, -0.05) is 17.7 Å². The van der Waals surface area contributed by atoms with E-state index in [2.05, 4.69) is 5.32 Å². The van der Waals surface area contributed by atoms with Crippen molar-refractivity contribution in [3.8, 4) is 0 Å². The van der Waals surface area contributed by atoms with Crippen LogP contribution in [0.3, 0.4) is 0 Å². The topological polar surface area (TPSA) is 41.6 Å². The van der Waals surface area contributed by atoms with E-state index in [1.165, 1.54) is 17.8 Å². The number of thioether (sulfide) groups is 1. The smallest absolute Gasteiger partial charge is 0.378 e. The molecule has 156 valence electrons. The van der Waals surface area contributed by atoms with Crippen LogP contribution in [0.25, 0.3) is 0 Å². The molecule has 1 fully saturated rings. The molecule has 0 unspecified atom stereocenters. The van der Waals surface area contributed by atoms with Crippen LogP contribution in [0.5, 0.6) is 0 Å². The number of benzene rings is 2. The Balaban J connectivity index is 1.73. The van der Waals surface area contributed by atoms with Crippen LogP contribution >= 0.6 is 11.8 Å². The fraction of sp³-hybridized carbons (Fsp3) is 0.381. The largest absolute Gasteiger partial charge is 0.418 e. The van der Waals surface area contributed by atoms with Crippen LogP contribution in [-0.4, -0.2) is 38.0 Å². The second kappa shape index (κ2) is 9.09. The number of ether oxygens (including phenoxy) is 1. The number of anilines is 2. The first-order chi connectivity index (χ1) is 13.7. The van der Waals surface area contributed by atoms with Gasteiger partial charge >= 0.3 is 6.18 Å². The second-order valence-electron chi connectivity index (χ2n) is 6.93. The summed E-state index contributed by atoms with van der Waals surface area (Å²) in [4.78, 5) is 15.1. The molecule has 1 heterocycles. The van der Waals surface area contributed by atoms with E-state index >= 15 is 0 Å². The Bertz CT molecular complexity index is 881. The number of hydrogen-bond acceptors (Lipinski definition) is 4. The molecule has 0 atom stereocenters. The molecule has 0 aliphatic carbocycles. The first-order valence-electron chi connectivity index (χ1n) is 9.28. The monoisotopic (exact) mass is 424 g/mol. The molecule has 0 radical (unpaired) electrons. The maximum atomic E-state index is 13.6. The van der Waals surface area contributed by atoms with Crippen LogP contribution in [0, 0.1) is 13.8 Å². The molecule has 8 heteroatoms. The molecule has 0 bridgehead atoms. The molecule has 1 saturated heterocycles. The molecule has 1 amide bonds. The third kappa shape index (κ3) is 5.67. The first kappa shape index (κ1) is 21.5. The Kier molecular flexibility index (Phi) is 6.74. The zero-order valence-electron chi connectivity index (χ0n) is 16.3. The molecule has 0 saturated carbocycles. The lowest BCUT2D eigenvalue weighted by atomic mass is 10.1. The van der Waals surface area contributed by atoms with Gasteiger partial charge < -0.3 is 15.0 Å². The van der Waals surface area contributed by atoms with Crippen molar-refractivity contribution in [1.82, 2.24) is 0 Å². The highest BCUT2D eigenvalue weighted by molar-refractivity contribution is 8.00. The summed E-state index contributed by atoms with van der Waals surface area (Å²) in [6.45, 7) is 5.93. The molecule has 0 spiro atoms. The summed E-state index contributed by atoms with van der Waals surface area (Å²) in [5, 5.41) is 2.43. The van der Waals surface area contributed by atoms with Gasteiger partial charge in [-0.25, -0.2) is 0 Å². The number of nitrogens with zero attached hydrogens (tertiary/aromatic N) is 1. The van der Waals surface area contributed by atoms with Crippen molar-refractivity contribution in [1.29, 1.82) is 0 Å². The molecule has 2 aromatic rings. The second-order valence-corrected chi connectivity index (χ2v) is 7.95. The van der Waals surface area contributed by atoms with Gasteiger partial charge in [0.2, 0.25) is 5.91 Å². The Morgan fingerprint density at radius 2 is 1.86 bits per heavy atom. The van der Waals surface area contributed by atoms with Gasteiger partial charge in [0.15, 0.2) is 0 Å². The molecular formula is C21H23F3N2O2S. The number of carbonyl (C=O) groups is 1. The van der Waals surface area contributed by atoms with Crippen LogP contribution in [0.2, 0.25) is 0 Å². The molecular weight excluding hydrogens is 401 g/mol. The van der Waals surface area contributed by atoms with E-state index in [0.717, 1.165) is 22.1 Å². The SMILES string of the molecule is Cc1ccc(C)c(SCC(=O)Nc2ccc(N3CCOCC3)cc2C(F)(F)F)c1. The van der Waals surface area contributed by atoms with E-state index < -0.39 is 17.6 Å². The van der Waals surface area contributed by atoms with Gasteiger partial charge in [0.25, 0.3) is 0 Å². The minimum absolute atomic E-state index is 0.0345. The molecule has 1 aliphatic rings. The third-order valence-corrected chi connectivity index (χ3v) is 5.82. The molecule has 29 heavy (non-hydrogen) atoms. The summed E-state index contributed by atoms with van der Waals surface area (Å²) in [5.74, 6) is -0.437. The molecule has 4 nitrogen and oxygen atoms in total. The normalized spacial score (nSPS) is 14.7. The molecule has 2 aromatic carbocycles. The van der Waals surface area contributed by atoms with Crippen molar-refractivity contribution in [2.75, 3.05) is 42.3 Å². The summed E-state index contributed by atoms with van der Waals surface area (Å²) < 4.78 is 46.0. The van der Waals surface area contributed by atoms with Crippen molar-refractivity contribution >= 4 is 29.0 Å². The maximum Gasteiger partial charge on any atom is 0.418 e. The Morgan fingerprint density at radius 1 is 1.14 bits per heavy atom. The Morgan fingerprint density at radius 3 is 2.55 bits per heavy atom. The van der Waals surface area contributed by atoms with Crippen LogP contribution in [0.1, 0.15) is 16.7 Å². The number of aryl methyl sites for hydroxylation is 2. The summed E-state index contributed by atoms with van der Waals surface area (Å²) in [5.41, 5.74) is 1.51. The summed E-state index contributed by atoms with van der Waals surface area (Å²) in [6.07, 6.45) is -4.56. The van der Waals surface area contributed by atoms with Gasteiger partial charge in [0, 0.05) is 23.7 Å². The lowest BCUT2D eigenvalue weighted by molar-refractivity contribution is -0.136. The molecule has 0 aromatic heterocycles. The van der Waals surface area contributed by atoms with Gasteiger partial charge in [-0.3, -0.25) is 4.79 Å². The highest BCUT2D eigenvalue weighted by atomic mass is 32.2. The number of nitrogens with one attached hydrogen (secondary N) is 1. The highest BCUT2D eigenvalue weighted by Gasteiger charge is 2.34. The van der Waals surface area contributed by atoms with Crippen LogP contribution in [-0.2, 0) is 15.7 Å². The van der Waals surface area contributed by atoms with Crippen molar-refractivity contribution in [3.63, 3.8) is 0 Å². The molecule has 1 aliphatic heterocycles. The average molecular weight is 424 g/mol. The van der Waals surface area contributed by atoms with E-state index in [-0.39, 0.29) is 11.4 Å². The van der Waals surface area contributed by atoms with Gasteiger partial charge in [-0.05, 0) is 43.7 Å². The van der Waals surface area contributed by atoms with E-state index in [0.29, 0.717) is 32.0 Å².